The molecule has 84 valence electrons. The van der Waals surface area contributed by atoms with E-state index >= 15 is 0 Å². The Morgan fingerprint density at radius 1 is 1.18 bits per heavy atom. The van der Waals surface area contributed by atoms with E-state index in [1.807, 2.05) is 31.3 Å². The van der Waals surface area contributed by atoms with Crippen LogP contribution in [0.1, 0.15) is 5.89 Å². The van der Waals surface area contributed by atoms with Crippen LogP contribution in [0.2, 0.25) is 0 Å². The van der Waals surface area contributed by atoms with Gasteiger partial charge >= 0.3 is 0 Å². The van der Waals surface area contributed by atoms with Crippen molar-refractivity contribution in [3.8, 4) is 17.1 Å². The Labute approximate surface area is 97.8 Å². The number of pyridine rings is 1. The van der Waals surface area contributed by atoms with E-state index in [-0.39, 0.29) is 0 Å². The quantitative estimate of drug-likeness (QED) is 0.672. The average Bonchev–Trinajstić information content (AvgIpc) is 3.00. The summed E-state index contributed by atoms with van der Waals surface area (Å²) in [5.41, 5.74) is 0.904. The van der Waals surface area contributed by atoms with Crippen LogP contribution < -0.4 is 0 Å². The van der Waals surface area contributed by atoms with Crippen molar-refractivity contribution in [1.82, 2.24) is 19.7 Å². The molecule has 0 spiro atoms. The lowest BCUT2D eigenvalue weighted by molar-refractivity contribution is 0.534. The second-order valence-electron chi connectivity index (χ2n) is 3.60. The number of aryl methyl sites for hydroxylation is 1. The van der Waals surface area contributed by atoms with E-state index in [2.05, 4.69) is 15.1 Å². The predicted molar refractivity (Wildman–Crippen MR) is 61.6 cm³/mol. The highest BCUT2D eigenvalue weighted by atomic mass is 16.4. The molecule has 0 aromatic carbocycles. The fraction of sp³-hybridized carbons (Fsp3) is 0.0833. The summed E-state index contributed by atoms with van der Waals surface area (Å²) < 4.78 is 7.13. The van der Waals surface area contributed by atoms with Crippen LogP contribution in [-0.2, 0) is 0 Å². The Hall–Kier alpha value is -2.43. The van der Waals surface area contributed by atoms with Gasteiger partial charge in [0.25, 0.3) is 0 Å². The lowest BCUT2D eigenvalue weighted by Gasteiger charge is -2.00. The molecule has 5 heteroatoms. The average molecular weight is 226 g/mol. The first kappa shape index (κ1) is 9.77. The molecule has 0 aliphatic rings. The summed E-state index contributed by atoms with van der Waals surface area (Å²) in [6.07, 6.45) is 7.01. The molecule has 0 radical (unpaired) electrons. The van der Waals surface area contributed by atoms with Gasteiger partial charge in [-0.15, -0.1) is 0 Å². The van der Waals surface area contributed by atoms with Crippen molar-refractivity contribution in [2.24, 2.45) is 0 Å². The molecule has 0 bridgehead atoms. The fourth-order valence-corrected chi connectivity index (χ4v) is 1.57. The predicted octanol–water partition coefficient (Wildman–Crippen LogP) is 2.23. The van der Waals surface area contributed by atoms with Crippen LogP contribution in [0.15, 0.2) is 47.4 Å². The Morgan fingerprint density at radius 3 is 2.71 bits per heavy atom. The second-order valence-corrected chi connectivity index (χ2v) is 3.60. The molecule has 0 atom stereocenters. The van der Waals surface area contributed by atoms with Crippen molar-refractivity contribution < 1.29 is 4.42 Å². The summed E-state index contributed by atoms with van der Waals surface area (Å²) in [6.45, 7) is 1.81. The molecule has 0 fully saturated rings. The standard InChI is InChI=1S/C12H10N4O/c1-9-13-8-11(17-9)10-3-4-12(14-7-10)16-6-2-5-15-16/h2-8H,1H3. The molecule has 17 heavy (non-hydrogen) atoms. The maximum Gasteiger partial charge on any atom is 0.191 e. The third kappa shape index (κ3) is 1.82. The minimum Gasteiger partial charge on any atom is -0.441 e. The zero-order chi connectivity index (χ0) is 11.7. The highest BCUT2D eigenvalue weighted by molar-refractivity contribution is 5.55. The van der Waals surface area contributed by atoms with Crippen LogP contribution in [0.5, 0.6) is 0 Å². The van der Waals surface area contributed by atoms with E-state index in [9.17, 15) is 0 Å². The van der Waals surface area contributed by atoms with Gasteiger partial charge in [-0.3, -0.25) is 0 Å². The minimum atomic E-state index is 0.649. The van der Waals surface area contributed by atoms with Gasteiger partial charge in [0.1, 0.15) is 0 Å². The summed E-state index contributed by atoms with van der Waals surface area (Å²) in [5.74, 6) is 2.15. The first-order valence-electron chi connectivity index (χ1n) is 5.22. The van der Waals surface area contributed by atoms with Gasteiger partial charge in [0.05, 0.1) is 6.20 Å². The smallest absolute Gasteiger partial charge is 0.191 e. The van der Waals surface area contributed by atoms with Crippen LogP contribution in [0.4, 0.5) is 0 Å². The summed E-state index contributed by atoms with van der Waals surface area (Å²) in [6, 6.07) is 5.68. The van der Waals surface area contributed by atoms with Crippen molar-refractivity contribution in [2.75, 3.05) is 0 Å². The van der Waals surface area contributed by atoms with Gasteiger partial charge in [0, 0.05) is 31.1 Å². The molecule has 0 N–H and O–H groups in total. The van der Waals surface area contributed by atoms with Crippen LogP contribution in [0.25, 0.3) is 17.1 Å². The number of hydrogen-bond acceptors (Lipinski definition) is 4. The molecule has 3 heterocycles. The molecule has 5 nitrogen and oxygen atoms in total. The molecule has 0 saturated heterocycles. The number of hydrogen-bond donors (Lipinski definition) is 0. The number of oxazole rings is 1. The number of aromatic nitrogens is 4. The Kier molecular flexibility index (Phi) is 2.22. The first-order chi connectivity index (χ1) is 8.33. The van der Waals surface area contributed by atoms with Crippen LogP contribution in [-0.4, -0.2) is 19.7 Å². The Balaban J connectivity index is 1.95. The van der Waals surface area contributed by atoms with Gasteiger partial charge in [-0.1, -0.05) is 0 Å². The maximum atomic E-state index is 5.43. The van der Waals surface area contributed by atoms with E-state index in [1.54, 1.807) is 23.3 Å². The van der Waals surface area contributed by atoms with E-state index in [1.165, 1.54) is 0 Å². The lowest BCUT2D eigenvalue weighted by Crippen LogP contribution is -1.96. The van der Waals surface area contributed by atoms with Crippen molar-refractivity contribution in [2.45, 2.75) is 6.92 Å². The molecule has 3 aromatic rings. The molecular formula is C12H10N4O. The number of nitrogens with zero attached hydrogens (tertiary/aromatic N) is 4. The van der Waals surface area contributed by atoms with Gasteiger partial charge in [-0.25, -0.2) is 14.6 Å². The summed E-state index contributed by atoms with van der Waals surface area (Å²) in [4.78, 5) is 8.37. The largest absolute Gasteiger partial charge is 0.441 e. The summed E-state index contributed by atoms with van der Waals surface area (Å²) in [7, 11) is 0. The Bertz CT molecular complexity index is 610. The van der Waals surface area contributed by atoms with E-state index in [4.69, 9.17) is 4.42 Å². The van der Waals surface area contributed by atoms with E-state index in [0.717, 1.165) is 17.1 Å². The third-order valence-corrected chi connectivity index (χ3v) is 2.39. The molecule has 0 aliphatic heterocycles. The topological polar surface area (TPSA) is 56.7 Å². The fourth-order valence-electron chi connectivity index (χ4n) is 1.57. The molecular weight excluding hydrogens is 216 g/mol. The van der Waals surface area contributed by atoms with Crippen LogP contribution in [0.3, 0.4) is 0 Å². The lowest BCUT2D eigenvalue weighted by atomic mass is 10.2. The van der Waals surface area contributed by atoms with E-state index in [0.29, 0.717) is 5.89 Å². The monoisotopic (exact) mass is 226 g/mol. The zero-order valence-electron chi connectivity index (χ0n) is 9.24. The van der Waals surface area contributed by atoms with E-state index < -0.39 is 0 Å². The molecule has 0 aliphatic carbocycles. The minimum absolute atomic E-state index is 0.649. The van der Waals surface area contributed by atoms with Crippen molar-refractivity contribution in [3.63, 3.8) is 0 Å². The van der Waals surface area contributed by atoms with Gasteiger partial charge in [-0.05, 0) is 18.2 Å². The number of rotatable bonds is 2. The third-order valence-electron chi connectivity index (χ3n) is 2.39. The highest BCUT2D eigenvalue weighted by Gasteiger charge is 2.04. The van der Waals surface area contributed by atoms with Gasteiger partial charge in [-0.2, -0.15) is 5.10 Å². The van der Waals surface area contributed by atoms with Crippen molar-refractivity contribution >= 4 is 0 Å². The van der Waals surface area contributed by atoms with Gasteiger partial charge in [0.2, 0.25) is 0 Å². The second kappa shape index (κ2) is 3.86. The van der Waals surface area contributed by atoms with Crippen molar-refractivity contribution in [3.05, 3.63) is 48.9 Å². The molecule has 0 saturated carbocycles. The van der Waals surface area contributed by atoms with Gasteiger partial charge in [0.15, 0.2) is 17.5 Å². The van der Waals surface area contributed by atoms with Crippen molar-refractivity contribution in [1.29, 1.82) is 0 Å². The van der Waals surface area contributed by atoms with Gasteiger partial charge < -0.3 is 4.42 Å². The SMILES string of the molecule is Cc1ncc(-c2ccc(-n3cccn3)nc2)o1. The summed E-state index contributed by atoms with van der Waals surface area (Å²) in [5, 5.41) is 4.11. The molecule has 0 unspecified atom stereocenters. The highest BCUT2D eigenvalue weighted by Crippen LogP contribution is 2.19. The Morgan fingerprint density at radius 2 is 2.12 bits per heavy atom. The normalized spacial score (nSPS) is 10.6. The van der Waals surface area contributed by atoms with Crippen LogP contribution in [0, 0.1) is 6.92 Å². The summed E-state index contributed by atoms with van der Waals surface area (Å²) >= 11 is 0. The molecule has 3 rings (SSSR count). The maximum absolute atomic E-state index is 5.43. The zero-order valence-corrected chi connectivity index (χ0v) is 9.24. The molecule has 3 aromatic heterocycles. The molecule has 0 amide bonds. The van der Waals surface area contributed by atoms with Crippen LogP contribution >= 0.6 is 0 Å². The first-order valence-corrected chi connectivity index (χ1v) is 5.22.